The Morgan fingerprint density at radius 2 is 2.05 bits per heavy atom. The summed E-state index contributed by atoms with van der Waals surface area (Å²) in [7, 11) is 1.28. The monoisotopic (exact) mass is 291 g/mol. The second-order valence-electron chi connectivity index (χ2n) is 4.20. The number of nitrogens with one attached hydrogen (secondary N) is 1. The molecule has 0 fully saturated rings. The van der Waals surface area contributed by atoms with E-state index in [0.717, 1.165) is 12.1 Å². The lowest BCUT2D eigenvalue weighted by molar-refractivity contribution is -0.257. The molecule has 0 spiro atoms. The van der Waals surface area contributed by atoms with Crippen LogP contribution in [0.5, 0.6) is 5.75 Å². The number of hydrogen-bond donors (Lipinski definition) is 2. The summed E-state index contributed by atoms with van der Waals surface area (Å²) in [4.78, 5) is 11.7. The van der Waals surface area contributed by atoms with Gasteiger partial charge in [-0.3, -0.25) is 4.79 Å². The lowest BCUT2D eigenvalue weighted by Crippen LogP contribution is -2.54. The van der Waals surface area contributed by atoms with Crippen molar-refractivity contribution in [1.29, 1.82) is 0 Å². The first-order chi connectivity index (χ1) is 9.27. The van der Waals surface area contributed by atoms with Crippen molar-refractivity contribution in [3.8, 4) is 5.75 Å². The number of ether oxygens (including phenoxy) is 1. The molecule has 1 amide bonds. The Balaban J connectivity index is 3.27. The van der Waals surface area contributed by atoms with Crippen molar-refractivity contribution in [3.05, 3.63) is 29.8 Å². The lowest BCUT2D eigenvalue weighted by atomic mass is 9.91. The number of benzene rings is 1. The second-order valence-corrected chi connectivity index (χ2v) is 4.20. The molecule has 0 saturated heterocycles. The minimum absolute atomic E-state index is 0.0428. The summed E-state index contributed by atoms with van der Waals surface area (Å²) in [6, 6.07) is 4.71. The van der Waals surface area contributed by atoms with Gasteiger partial charge in [-0.15, -0.1) is 0 Å². The van der Waals surface area contributed by atoms with Crippen LogP contribution in [-0.4, -0.2) is 30.8 Å². The number of rotatable bonds is 5. The van der Waals surface area contributed by atoms with E-state index in [4.69, 9.17) is 4.74 Å². The van der Waals surface area contributed by atoms with Crippen LogP contribution >= 0.6 is 0 Å². The van der Waals surface area contributed by atoms with E-state index in [9.17, 15) is 23.1 Å². The van der Waals surface area contributed by atoms with Gasteiger partial charge in [0, 0.05) is 12.1 Å². The van der Waals surface area contributed by atoms with E-state index in [1.807, 2.05) is 0 Å². The first kappa shape index (κ1) is 16.3. The quantitative estimate of drug-likeness (QED) is 0.872. The molecule has 112 valence electrons. The maximum absolute atomic E-state index is 13.2. The number of carbonyl (C=O) groups is 1. The molecule has 0 aliphatic heterocycles. The van der Waals surface area contributed by atoms with E-state index in [0.29, 0.717) is 6.42 Å². The highest BCUT2D eigenvalue weighted by molar-refractivity contribution is 5.87. The molecule has 1 rings (SSSR count). The predicted molar refractivity (Wildman–Crippen MR) is 66.2 cm³/mol. The molecule has 0 saturated carbocycles. The Kier molecular flexibility index (Phi) is 4.99. The number of aliphatic hydroxyl groups is 1. The summed E-state index contributed by atoms with van der Waals surface area (Å²) in [5, 5.41) is 12.0. The van der Waals surface area contributed by atoms with Gasteiger partial charge in [-0.25, -0.2) is 0 Å². The fraction of sp³-hybridized carbons (Fsp3) is 0.462. The molecule has 2 N–H and O–H groups in total. The van der Waals surface area contributed by atoms with E-state index in [-0.39, 0.29) is 12.3 Å². The maximum atomic E-state index is 13.2. The third kappa shape index (κ3) is 3.04. The zero-order valence-electron chi connectivity index (χ0n) is 11.1. The van der Waals surface area contributed by atoms with E-state index >= 15 is 0 Å². The third-order valence-electron chi connectivity index (χ3n) is 2.76. The fourth-order valence-corrected chi connectivity index (χ4v) is 1.64. The Morgan fingerprint density at radius 3 is 2.55 bits per heavy atom. The van der Waals surface area contributed by atoms with Crippen LogP contribution in [0.2, 0.25) is 0 Å². The summed E-state index contributed by atoms with van der Waals surface area (Å²) >= 11 is 0. The molecule has 0 aliphatic rings. The molecule has 1 aromatic carbocycles. The van der Waals surface area contributed by atoms with E-state index in [2.05, 4.69) is 5.32 Å². The normalized spacial score (nSPS) is 14.5. The highest BCUT2D eigenvalue weighted by Crippen LogP contribution is 2.40. The van der Waals surface area contributed by atoms with Crippen molar-refractivity contribution < 1.29 is 27.8 Å². The minimum Gasteiger partial charge on any atom is -0.497 e. The molecule has 0 heterocycles. The van der Waals surface area contributed by atoms with Gasteiger partial charge < -0.3 is 15.2 Å². The van der Waals surface area contributed by atoms with Gasteiger partial charge in [0.25, 0.3) is 11.5 Å². The van der Waals surface area contributed by atoms with Crippen LogP contribution in [-0.2, 0) is 10.4 Å². The Morgan fingerprint density at radius 1 is 1.40 bits per heavy atom. The van der Waals surface area contributed by atoms with Crippen molar-refractivity contribution in [2.45, 2.75) is 25.1 Å². The van der Waals surface area contributed by atoms with Gasteiger partial charge in [-0.05, 0) is 18.6 Å². The lowest BCUT2D eigenvalue weighted by Gasteiger charge is -2.29. The molecule has 7 heteroatoms. The van der Waals surface area contributed by atoms with Crippen LogP contribution in [0.25, 0.3) is 0 Å². The number of methoxy groups -OCH3 is 1. The van der Waals surface area contributed by atoms with Crippen LogP contribution in [0, 0.1) is 0 Å². The number of alkyl halides is 3. The van der Waals surface area contributed by atoms with E-state index in [1.165, 1.54) is 19.2 Å². The van der Waals surface area contributed by atoms with Crippen LogP contribution in [0.15, 0.2) is 24.3 Å². The number of carbonyl (C=O) groups excluding carboxylic acids is 1. The molecular formula is C13H16F3NO3. The average Bonchev–Trinajstić information content (AvgIpc) is 2.42. The largest absolute Gasteiger partial charge is 0.497 e. The topological polar surface area (TPSA) is 58.6 Å². The molecule has 0 radical (unpaired) electrons. The van der Waals surface area contributed by atoms with Crippen LogP contribution in [0.1, 0.15) is 18.9 Å². The van der Waals surface area contributed by atoms with Crippen molar-refractivity contribution in [2.75, 3.05) is 13.7 Å². The van der Waals surface area contributed by atoms with Gasteiger partial charge >= 0.3 is 6.18 Å². The molecule has 1 atom stereocenters. The van der Waals surface area contributed by atoms with Crippen LogP contribution < -0.4 is 10.1 Å². The number of hydrogen-bond acceptors (Lipinski definition) is 3. The zero-order chi connectivity index (χ0) is 15.4. The molecule has 20 heavy (non-hydrogen) atoms. The van der Waals surface area contributed by atoms with Crippen molar-refractivity contribution in [3.63, 3.8) is 0 Å². The summed E-state index contributed by atoms with van der Waals surface area (Å²) in [6.07, 6.45) is -4.69. The zero-order valence-corrected chi connectivity index (χ0v) is 11.1. The summed E-state index contributed by atoms with van der Waals surface area (Å²) in [5.41, 5.74) is -4.19. The Bertz CT molecular complexity index is 476. The second kappa shape index (κ2) is 6.13. The van der Waals surface area contributed by atoms with Crippen LogP contribution in [0.4, 0.5) is 13.2 Å². The van der Waals surface area contributed by atoms with Gasteiger partial charge in [-0.2, -0.15) is 13.2 Å². The summed E-state index contributed by atoms with van der Waals surface area (Å²) < 4.78 is 44.3. The Labute approximate surface area is 114 Å². The molecular weight excluding hydrogens is 275 g/mol. The van der Waals surface area contributed by atoms with Crippen molar-refractivity contribution in [1.82, 2.24) is 5.32 Å². The Hall–Kier alpha value is -1.76. The summed E-state index contributed by atoms with van der Waals surface area (Å²) in [6.45, 7) is 1.74. The first-order valence-electron chi connectivity index (χ1n) is 5.99. The maximum Gasteiger partial charge on any atom is 0.430 e. The SMILES string of the molecule is CCCNC(=O)[C@](O)(c1cccc(OC)c1)C(F)(F)F. The molecule has 0 unspecified atom stereocenters. The van der Waals surface area contributed by atoms with Crippen LogP contribution in [0.3, 0.4) is 0 Å². The standard InChI is InChI=1S/C13H16F3NO3/c1-3-7-17-11(18)12(19,13(14,15)16)9-5-4-6-10(8-9)20-2/h4-6,8,19H,3,7H2,1-2H3,(H,17,18)/t12-/m1/s1. The summed E-state index contributed by atoms with van der Waals surface area (Å²) in [5.74, 6) is -1.38. The number of amides is 1. The van der Waals surface area contributed by atoms with Crippen molar-refractivity contribution >= 4 is 5.91 Å². The molecule has 1 aromatic rings. The molecule has 4 nitrogen and oxygen atoms in total. The van der Waals surface area contributed by atoms with E-state index in [1.54, 1.807) is 6.92 Å². The number of halogens is 3. The molecule has 0 aromatic heterocycles. The highest BCUT2D eigenvalue weighted by atomic mass is 19.4. The molecule has 0 aliphatic carbocycles. The van der Waals surface area contributed by atoms with Gasteiger partial charge in [0.2, 0.25) is 0 Å². The van der Waals surface area contributed by atoms with Gasteiger partial charge in [0.15, 0.2) is 0 Å². The fourth-order valence-electron chi connectivity index (χ4n) is 1.64. The minimum atomic E-state index is -5.14. The molecule has 0 bridgehead atoms. The van der Waals surface area contributed by atoms with Gasteiger partial charge in [0.05, 0.1) is 7.11 Å². The van der Waals surface area contributed by atoms with Gasteiger partial charge in [0.1, 0.15) is 5.75 Å². The highest BCUT2D eigenvalue weighted by Gasteiger charge is 2.60. The first-order valence-corrected chi connectivity index (χ1v) is 5.99. The third-order valence-corrected chi connectivity index (χ3v) is 2.76. The van der Waals surface area contributed by atoms with E-state index < -0.39 is 23.2 Å². The smallest absolute Gasteiger partial charge is 0.430 e. The average molecular weight is 291 g/mol. The predicted octanol–water partition coefficient (Wildman–Crippen LogP) is 1.97. The van der Waals surface area contributed by atoms with Gasteiger partial charge in [-0.1, -0.05) is 19.1 Å². The van der Waals surface area contributed by atoms with Crippen molar-refractivity contribution in [2.24, 2.45) is 0 Å².